The molecule has 1 N–H and O–H groups in total. The summed E-state index contributed by atoms with van der Waals surface area (Å²) < 4.78 is 2.38. The minimum absolute atomic E-state index is 0.735. The van der Waals surface area contributed by atoms with Gasteiger partial charge >= 0.3 is 0 Å². The van der Waals surface area contributed by atoms with Crippen molar-refractivity contribution < 1.29 is 0 Å². The quantitative estimate of drug-likeness (QED) is 0.846. The van der Waals surface area contributed by atoms with Crippen LogP contribution in [0.5, 0.6) is 0 Å². The fourth-order valence-electron chi connectivity index (χ4n) is 2.82. The molecule has 18 heavy (non-hydrogen) atoms. The molecule has 3 heteroatoms. The summed E-state index contributed by atoms with van der Waals surface area (Å²) in [5.74, 6) is 0. The normalized spacial score (nSPS) is 24.3. The van der Waals surface area contributed by atoms with Gasteiger partial charge in [-0.1, -0.05) is 6.92 Å². The Morgan fingerprint density at radius 1 is 1.33 bits per heavy atom. The average Bonchev–Trinajstić information content (AvgIpc) is 2.85. The van der Waals surface area contributed by atoms with Crippen LogP contribution in [0.3, 0.4) is 0 Å². The number of rotatable bonds is 6. The molecule has 1 fully saturated rings. The van der Waals surface area contributed by atoms with Gasteiger partial charge in [0.2, 0.25) is 0 Å². The lowest BCUT2D eigenvalue weighted by Crippen LogP contribution is -2.33. The van der Waals surface area contributed by atoms with Gasteiger partial charge in [-0.3, -0.25) is 0 Å². The maximum absolute atomic E-state index is 3.74. The van der Waals surface area contributed by atoms with Gasteiger partial charge in [0, 0.05) is 36.3 Å². The highest BCUT2D eigenvalue weighted by molar-refractivity contribution is 7.99. The van der Waals surface area contributed by atoms with Crippen LogP contribution >= 0.6 is 11.8 Å². The van der Waals surface area contributed by atoms with Gasteiger partial charge in [-0.2, -0.15) is 11.8 Å². The van der Waals surface area contributed by atoms with Crippen molar-refractivity contribution in [2.45, 2.75) is 63.4 Å². The molecule has 0 unspecified atom stereocenters. The molecule has 1 saturated carbocycles. The van der Waals surface area contributed by atoms with Crippen molar-refractivity contribution in [3.8, 4) is 0 Å². The standard InChI is InChI=1S/C15H26N2S/c1-3-10-17-11-4-5-14(17)12-16-13-6-8-15(18-2)9-7-13/h4-5,11,13,15-16H,3,6-10,12H2,1-2H3. The lowest BCUT2D eigenvalue weighted by molar-refractivity contribution is 0.374. The Morgan fingerprint density at radius 2 is 2.11 bits per heavy atom. The summed E-state index contributed by atoms with van der Waals surface area (Å²) in [4.78, 5) is 0. The number of nitrogens with one attached hydrogen (secondary N) is 1. The Morgan fingerprint density at radius 3 is 2.78 bits per heavy atom. The molecule has 0 amide bonds. The molecule has 0 aromatic carbocycles. The summed E-state index contributed by atoms with van der Waals surface area (Å²) >= 11 is 2.04. The largest absolute Gasteiger partial charge is 0.350 e. The molecule has 0 bridgehead atoms. The third-order valence-corrected chi connectivity index (χ3v) is 5.11. The predicted octanol–water partition coefficient (Wildman–Crippen LogP) is 3.66. The van der Waals surface area contributed by atoms with Crippen molar-refractivity contribution in [1.82, 2.24) is 9.88 Å². The van der Waals surface area contributed by atoms with E-state index in [4.69, 9.17) is 0 Å². The van der Waals surface area contributed by atoms with Crippen molar-refractivity contribution >= 4 is 11.8 Å². The molecule has 102 valence electrons. The van der Waals surface area contributed by atoms with Crippen molar-refractivity contribution in [3.05, 3.63) is 24.0 Å². The second-order valence-electron chi connectivity index (χ2n) is 5.28. The van der Waals surface area contributed by atoms with Crippen molar-refractivity contribution in [1.29, 1.82) is 0 Å². The molecule has 0 atom stereocenters. The SMILES string of the molecule is CCCn1cccc1CNC1CCC(SC)CC1. The zero-order valence-corrected chi connectivity index (χ0v) is 12.5. The second kappa shape index (κ2) is 7.25. The summed E-state index contributed by atoms with van der Waals surface area (Å²) in [5.41, 5.74) is 1.43. The Bertz CT molecular complexity index is 340. The number of aromatic nitrogens is 1. The summed E-state index contributed by atoms with van der Waals surface area (Å²) in [5, 5.41) is 4.65. The Labute approximate surface area is 116 Å². The van der Waals surface area contributed by atoms with Gasteiger partial charge < -0.3 is 9.88 Å². The van der Waals surface area contributed by atoms with E-state index in [0.717, 1.165) is 24.4 Å². The molecule has 2 rings (SSSR count). The van der Waals surface area contributed by atoms with Crippen LogP contribution in [0.15, 0.2) is 18.3 Å². The van der Waals surface area contributed by atoms with Crippen LogP contribution in [0.2, 0.25) is 0 Å². The van der Waals surface area contributed by atoms with Crippen LogP contribution in [0, 0.1) is 0 Å². The average molecular weight is 266 g/mol. The second-order valence-corrected chi connectivity index (χ2v) is 6.42. The molecule has 1 aliphatic rings. The topological polar surface area (TPSA) is 17.0 Å². The summed E-state index contributed by atoms with van der Waals surface area (Å²) in [6, 6.07) is 5.14. The smallest absolute Gasteiger partial charge is 0.0361 e. The van der Waals surface area contributed by atoms with Gasteiger partial charge in [0.25, 0.3) is 0 Å². The fourth-order valence-corrected chi connectivity index (χ4v) is 3.56. The first kappa shape index (κ1) is 14.0. The summed E-state index contributed by atoms with van der Waals surface area (Å²) in [6.07, 6.45) is 11.1. The highest BCUT2D eigenvalue weighted by atomic mass is 32.2. The highest BCUT2D eigenvalue weighted by Crippen LogP contribution is 2.26. The summed E-state index contributed by atoms with van der Waals surface area (Å²) in [7, 11) is 0. The molecular formula is C15H26N2S. The van der Waals surface area contributed by atoms with E-state index in [9.17, 15) is 0 Å². The van der Waals surface area contributed by atoms with Gasteiger partial charge in [0.1, 0.15) is 0 Å². The molecule has 0 aliphatic heterocycles. The number of hydrogen-bond acceptors (Lipinski definition) is 2. The van der Waals surface area contributed by atoms with E-state index in [1.807, 2.05) is 11.8 Å². The third kappa shape index (κ3) is 3.79. The Balaban J connectivity index is 1.76. The van der Waals surface area contributed by atoms with Crippen LogP contribution in [0.1, 0.15) is 44.7 Å². The molecule has 0 radical (unpaired) electrons. The lowest BCUT2D eigenvalue weighted by atomic mass is 9.95. The monoisotopic (exact) mass is 266 g/mol. The number of hydrogen-bond donors (Lipinski definition) is 1. The molecule has 1 aliphatic carbocycles. The first-order chi connectivity index (χ1) is 8.83. The van der Waals surface area contributed by atoms with Gasteiger partial charge in [0.05, 0.1) is 0 Å². The number of nitrogens with zero attached hydrogens (tertiary/aromatic N) is 1. The lowest BCUT2D eigenvalue weighted by Gasteiger charge is -2.28. The fraction of sp³-hybridized carbons (Fsp3) is 0.733. The maximum Gasteiger partial charge on any atom is 0.0361 e. The van der Waals surface area contributed by atoms with Crippen molar-refractivity contribution in [2.24, 2.45) is 0 Å². The number of thioether (sulfide) groups is 1. The molecule has 1 aromatic heterocycles. The van der Waals surface area contributed by atoms with Gasteiger partial charge in [-0.05, 0) is 50.5 Å². The molecule has 1 aromatic rings. The van der Waals surface area contributed by atoms with Crippen LogP contribution in [-0.4, -0.2) is 22.1 Å². The van der Waals surface area contributed by atoms with Crippen molar-refractivity contribution in [3.63, 3.8) is 0 Å². The van der Waals surface area contributed by atoms with Gasteiger partial charge in [-0.25, -0.2) is 0 Å². The molecule has 0 spiro atoms. The zero-order chi connectivity index (χ0) is 12.8. The minimum Gasteiger partial charge on any atom is -0.350 e. The molecular weight excluding hydrogens is 240 g/mol. The first-order valence-corrected chi connectivity index (χ1v) is 8.52. The molecule has 0 saturated heterocycles. The van der Waals surface area contributed by atoms with Crippen LogP contribution in [-0.2, 0) is 13.1 Å². The van der Waals surface area contributed by atoms with E-state index in [1.54, 1.807) is 0 Å². The molecule has 2 nitrogen and oxygen atoms in total. The van der Waals surface area contributed by atoms with E-state index >= 15 is 0 Å². The molecule has 1 heterocycles. The van der Waals surface area contributed by atoms with Crippen LogP contribution in [0.25, 0.3) is 0 Å². The van der Waals surface area contributed by atoms with E-state index in [0.29, 0.717) is 0 Å². The first-order valence-electron chi connectivity index (χ1n) is 7.23. The zero-order valence-electron chi connectivity index (χ0n) is 11.7. The van der Waals surface area contributed by atoms with Gasteiger partial charge in [0.15, 0.2) is 0 Å². The van der Waals surface area contributed by atoms with E-state index in [1.165, 1.54) is 37.8 Å². The Kier molecular flexibility index (Phi) is 5.64. The Hall–Kier alpha value is -0.410. The van der Waals surface area contributed by atoms with E-state index in [-0.39, 0.29) is 0 Å². The third-order valence-electron chi connectivity index (χ3n) is 3.97. The van der Waals surface area contributed by atoms with Crippen LogP contribution < -0.4 is 5.32 Å². The minimum atomic E-state index is 0.735. The van der Waals surface area contributed by atoms with E-state index < -0.39 is 0 Å². The predicted molar refractivity (Wildman–Crippen MR) is 81.1 cm³/mol. The van der Waals surface area contributed by atoms with Gasteiger partial charge in [-0.15, -0.1) is 0 Å². The highest BCUT2D eigenvalue weighted by Gasteiger charge is 2.19. The number of aryl methyl sites for hydroxylation is 1. The van der Waals surface area contributed by atoms with Crippen LogP contribution in [0.4, 0.5) is 0 Å². The maximum atomic E-state index is 3.74. The van der Waals surface area contributed by atoms with Crippen molar-refractivity contribution in [2.75, 3.05) is 6.26 Å². The van der Waals surface area contributed by atoms with E-state index in [2.05, 4.69) is 41.4 Å². The summed E-state index contributed by atoms with van der Waals surface area (Å²) in [6.45, 7) is 4.41.